The Kier molecular flexibility index (Phi) is 9.47. The molecule has 2 amide bonds. The molecule has 0 spiro atoms. The maximum Gasteiger partial charge on any atom is 0.255 e. The van der Waals surface area contributed by atoms with Gasteiger partial charge in [0, 0.05) is 53.9 Å². The molecule has 0 atom stereocenters. The van der Waals surface area contributed by atoms with Gasteiger partial charge in [-0.05, 0) is 68.2 Å². The number of carbonyl (C=O) groups is 2. The highest BCUT2D eigenvalue weighted by Crippen LogP contribution is 2.37. The molecule has 10 heteroatoms. The van der Waals surface area contributed by atoms with E-state index in [1.54, 1.807) is 36.5 Å². The van der Waals surface area contributed by atoms with Gasteiger partial charge in [0.2, 0.25) is 5.91 Å². The molecular weight excluding hydrogens is 610 g/mol. The second-order valence-corrected chi connectivity index (χ2v) is 11.6. The Bertz CT molecular complexity index is 2070. The SMILES string of the molecule is CN(C)C/C=C/C(=O)Nc1ccc(C(=O)Nc2cccc(Cc3ncc(Cl)c(-c4c(-c5ccccc5)nn5ccccc45)n3)c2)cc1. The van der Waals surface area contributed by atoms with Crippen molar-refractivity contribution in [3.8, 4) is 22.5 Å². The number of rotatable bonds is 10. The number of aromatic nitrogens is 4. The summed E-state index contributed by atoms with van der Waals surface area (Å²) in [7, 11) is 3.86. The summed E-state index contributed by atoms with van der Waals surface area (Å²) in [6.07, 6.45) is 7.22. The van der Waals surface area contributed by atoms with Gasteiger partial charge in [-0.3, -0.25) is 9.59 Å². The highest BCUT2D eigenvalue weighted by atomic mass is 35.5. The number of nitrogens with zero attached hydrogens (tertiary/aromatic N) is 5. The van der Waals surface area contributed by atoms with Crippen LogP contribution in [0.4, 0.5) is 11.4 Å². The second kappa shape index (κ2) is 14.2. The first kappa shape index (κ1) is 31.3. The number of pyridine rings is 1. The van der Waals surface area contributed by atoms with E-state index < -0.39 is 0 Å². The number of hydrogen-bond donors (Lipinski definition) is 2. The Morgan fingerprint density at radius 3 is 2.45 bits per heavy atom. The van der Waals surface area contributed by atoms with Crippen molar-refractivity contribution in [3.05, 3.63) is 144 Å². The van der Waals surface area contributed by atoms with Crippen LogP contribution in [-0.4, -0.2) is 56.9 Å². The molecule has 3 aromatic carbocycles. The molecule has 6 rings (SSSR count). The fourth-order valence-electron chi connectivity index (χ4n) is 5.10. The van der Waals surface area contributed by atoms with Crippen molar-refractivity contribution in [1.29, 1.82) is 0 Å². The second-order valence-electron chi connectivity index (χ2n) is 11.2. The van der Waals surface area contributed by atoms with E-state index in [1.165, 1.54) is 6.08 Å². The first-order valence-electron chi connectivity index (χ1n) is 15.0. The van der Waals surface area contributed by atoms with Crippen LogP contribution in [0.15, 0.2) is 122 Å². The minimum Gasteiger partial charge on any atom is -0.323 e. The van der Waals surface area contributed by atoms with Crippen LogP contribution in [0, 0.1) is 0 Å². The van der Waals surface area contributed by atoms with E-state index in [4.69, 9.17) is 21.7 Å². The lowest BCUT2D eigenvalue weighted by Gasteiger charge is -2.10. The molecule has 0 aliphatic carbocycles. The molecule has 0 radical (unpaired) electrons. The minimum absolute atomic E-state index is 0.229. The summed E-state index contributed by atoms with van der Waals surface area (Å²) < 4.78 is 1.83. The zero-order valence-corrected chi connectivity index (χ0v) is 26.6. The van der Waals surface area contributed by atoms with Crippen molar-refractivity contribution in [2.24, 2.45) is 0 Å². The van der Waals surface area contributed by atoms with Crippen LogP contribution in [-0.2, 0) is 11.2 Å². The number of halogens is 1. The number of anilines is 2. The van der Waals surface area contributed by atoms with E-state index in [2.05, 4.69) is 15.6 Å². The molecule has 9 nitrogen and oxygen atoms in total. The predicted octanol–water partition coefficient (Wildman–Crippen LogP) is 7.01. The van der Waals surface area contributed by atoms with E-state index in [0.717, 1.165) is 27.9 Å². The molecule has 3 aromatic heterocycles. The number of carbonyl (C=O) groups excluding carboxylic acids is 2. The van der Waals surface area contributed by atoms with Crippen LogP contribution < -0.4 is 10.6 Å². The van der Waals surface area contributed by atoms with Gasteiger partial charge in [0.1, 0.15) is 11.5 Å². The Morgan fingerprint density at radius 2 is 1.66 bits per heavy atom. The number of benzene rings is 3. The number of hydrogen-bond acceptors (Lipinski definition) is 6. The van der Waals surface area contributed by atoms with Gasteiger partial charge in [-0.2, -0.15) is 5.10 Å². The normalized spacial score (nSPS) is 11.3. The summed E-state index contributed by atoms with van der Waals surface area (Å²) in [5.74, 6) is 0.0850. The van der Waals surface area contributed by atoms with Crippen molar-refractivity contribution in [2.45, 2.75) is 6.42 Å². The van der Waals surface area contributed by atoms with E-state index in [0.29, 0.717) is 46.4 Å². The molecule has 0 fully saturated rings. The van der Waals surface area contributed by atoms with Crippen LogP contribution in [0.5, 0.6) is 0 Å². The average Bonchev–Trinajstić information content (AvgIpc) is 3.46. The summed E-state index contributed by atoms with van der Waals surface area (Å²) in [6, 6.07) is 30.1. The van der Waals surface area contributed by atoms with Crippen LogP contribution in [0.25, 0.3) is 28.0 Å². The lowest BCUT2D eigenvalue weighted by Crippen LogP contribution is -2.14. The number of likely N-dealkylation sites (N-methyl/N-ethyl adjacent to an activating group) is 1. The van der Waals surface area contributed by atoms with Crippen LogP contribution in [0.1, 0.15) is 21.7 Å². The molecule has 0 saturated carbocycles. The Hall–Kier alpha value is -5.64. The summed E-state index contributed by atoms with van der Waals surface area (Å²) in [5, 5.41) is 11.0. The van der Waals surface area contributed by atoms with Crippen molar-refractivity contribution >= 4 is 40.3 Å². The Labute approximate surface area is 277 Å². The van der Waals surface area contributed by atoms with Gasteiger partial charge < -0.3 is 15.5 Å². The van der Waals surface area contributed by atoms with Crippen LogP contribution in [0.3, 0.4) is 0 Å². The molecule has 3 heterocycles. The number of amides is 2. The highest BCUT2D eigenvalue weighted by molar-refractivity contribution is 6.33. The highest BCUT2D eigenvalue weighted by Gasteiger charge is 2.21. The zero-order chi connectivity index (χ0) is 32.8. The summed E-state index contributed by atoms with van der Waals surface area (Å²) in [6.45, 7) is 0.667. The lowest BCUT2D eigenvalue weighted by atomic mass is 10.0. The molecule has 47 heavy (non-hydrogen) atoms. The predicted molar refractivity (Wildman–Crippen MR) is 187 cm³/mol. The van der Waals surface area contributed by atoms with Crippen molar-refractivity contribution in [2.75, 3.05) is 31.3 Å². The van der Waals surface area contributed by atoms with Gasteiger partial charge in [0.05, 0.1) is 21.8 Å². The largest absolute Gasteiger partial charge is 0.323 e. The van der Waals surface area contributed by atoms with E-state index >= 15 is 0 Å². The maximum absolute atomic E-state index is 13.0. The van der Waals surface area contributed by atoms with Gasteiger partial charge in [-0.15, -0.1) is 0 Å². The Morgan fingerprint density at radius 1 is 0.872 bits per heavy atom. The summed E-state index contributed by atoms with van der Waals surface area (Å²) >= 11 is 6.72. The summed E-state index contributed by atoms with van der Waals surface area (Å²) in [4.78, 5) is 36.6. The molecule has 2 N–H and O–H groups in total. The van der Waals surface area contributed by atoms with Gasteiger partial charge in [-0.25, -0.2) is 14.5 Å². The van der Waals surface area contributed by atoms with Gasteiger partial charge >= 0.3 is 0 Å². The molecule has 6 aromatic rings. The van der Waals surface area contributed by atoms with Gasteiger partial charge in [0.15, 0.2) is 0 Å². The fourth-order valence-corrected chi connectivity index (χ4v) is 5.28. The van der Waals surface area contributed by atoms with Gasteiger partial charge in [0.25, 0.3) is 5.91 Å². The maximum atomic E-state index is 13.0. The minimum atomic E-state index is -0.266. The Balaban J connectivity index is 1.18. The smallest absolute Gasteiger partial charge is 0.255 e. The molecular formula is C37H32ClN7O2. The van der Waals surface area contributed by atoms with Crippen molar-refractivity contribution < 1.29 is 9.59 Å². The molecule has 0 bridgehead atoms. The standard InChI is InChI=1S/C37H32ClN7O2/c1-44(2)20-9-15-33(46)40-28-18-16-27(17-19-28)37(47)41-29-13-8-10-25(22-29)23-32-39-24-30(38)36(42-32)34-31-14-6-7-21-45(31)43-35(34)26-11-4-3-5-12-26/h3-19,21-22,24H,20,23H2,1-2H3,(H,40,46)(H,41,47)/b15-9+. The number of nitrogens with one attached hydrogen (secondary N) is 2. The van der Waals surface area contributed by atoms with E-state index in [9.17, 15) is 9.59 Å². The first-order chi connectivity index (χ1) is 22.8. The molecule has 234 valence electrons. The molecule has 0 aliphatic heterocycles. The van der Waals surface area contributed by atoms with Gasteiger partial charge in [-0.1, -0.05) is 66.2 Å². The molecule has 0 unspecified atom stereocenters. The van der Waals surface area contributed by atoms with E-state index in [-0.39, 0.29) is 11.8 Å². The third-order valence-corrected chi connectivity index (χ3v) is 7.60. The topological polar surface area (TPSA) is 105 Å². The van der Waals surface area contributed by atoms with Crippen LogP contribution >= 0.6 is 11.6 Å². The average molecular weight is 642 g/mol. The van der Waals surface area contributed by atoms with Crippen molar-refractivity contribution in [3.63, 3.8) is 0 Å². The third kappa shape index (κ3) is 7.61. The van der Waals surface area contributed by atoms with Crippen molar-refractivity contribution in [1.82, 2.24) is 24.5 Å². The lowest BCUT2D eigenvalue weighted by molar-refractivity contribution is -0.111. The monoisotopic (exact) mass is 641 g/mol. The molecule has 0 saturated heterocycles. The first-order valence-corrected chi connectivity index (χ1v) is 15.4. The quantitative estimate of drug-likeness (QED) is 0.156. The number of fused-ring (bicyclic) bond motifs is 1. The third-order valence-electron chi connectivity index (χ3n) is 7.32. The summed E-state index contributed by atoms with van der Waals surface area (Å²) in [5.41, 5.74) is 6.67. The zero-order valence-electron chi connectivity index (χ0n) is 25.9. The molecule has 0 aliphatic rings. The van der Waals surface area contributed by atoms with E-state index in [1.807, 2.05) is 103 Å². The fraction of sp³-hybridized carbons (Fsp3) is 0.108. The van der Waals surface area contributed by atoms with Crippen LogP contribution in [0.2, 0.25) is 5.02 Å².